The van der Waals surface area contributed by atoms with Gasteiger partial charge in [0, 0.05) is 12.4 Å². The molecule has 0 aliphatic heterocycles. The van der Waals surface area contributed by atoms with E-state index in [1.807, 2.05) is 16.9 Å². The van der Waals surface area contributed by atoms with E-state index in [0.29, 0.717) is 12.6 Å². The summed E-state index contributed by atoms with van der Waals surface area (Å²) in [7, 11) is -3.80. The minimum Gasteiger partial charge on any atom is -0.363 e. The molecule has 0 bridgehead atoms. The zero-order chi connectivity index (χ0) is 15.6. The van der Waals surface area contributed by atoms with Crippen LogP contribution >= 0.6 is 0 Å². The monoisotopic (exact) mass is 321 g/mol. The summed E-state index contributed by atoms with van der Waals surface area (Å²) in [6.07, 6.45) is 8.35. The Morgan fingerprint density at radius 3 is 2.82 bits per heavy atom. The average molecular weight is 321 g/mol. The SMILES string of the molecule is NS(=O)(=O)c1cccnc1NCc1ccn(C2CCCC2)n1. The number of nitrogens with two attached hydrogens (primary N) is 1. The van der Waals surface area contributed by atoms with Crippen LogP contribution in [-0.4, -0.2) is 23.2 Å². The van der Waals surface area contributed by atoms with Gasteiger partial charge >= 0.3 is 0 Å². The highest BCUT2D eigenvalue weighted by atomic mass is 32.2. The molecule has 0 unspecified atom stereocenters. The molecule has 0 aromatic carbocycles. The maximum atomic E-state index is 11.5. The third kappa shape index (κ3) is 3.28. The molecule has 0 spiro atoms. The van der Waals surface area contributed by atoms with Crippen molar-refractivity contribution in [3.8, 4) is 0 Å². The summed E-state index contributed by atoms with van der Waals surface area (Å²) in [6, 6.07) is 5.40. The molecular formula is C14H19N5O2S. The fourth-order valence-electron chi connectivity index (χ4n) is 2.77. The molecule has 1 saturated carbocycles. The van der Waals surface area contributed by atoms with Gasteiger partial charge in [0.25, 0.3) is 0 Å². The third-order valence-electron chi connectivity index (χ3n) is 3.88. The average Bonchev–Trinajstić information content (AvgIpc) is 3.15. The highest BCUT2D eigenvalue weighted by Gasteiger charge is 2.18. The minimum atomic E-state index is -3.80. The number of pyridine rings is 1. The van der Waals surface area contributed by atoms with Crippen LogP contribution in [0.2, 0.25) is 0 Å². The highest BCUT2D eigenvalue weighted by Crippen LogP contribution is 2.28. The standard InChI is InChI=1S/C14H19N5O2S/c15-22(20,21)13-6-3-8-16-14(13)17-10-11-7-9-19(18-11)12-4-1-2-5-12/h3,6-9,12H,1-2,4-5,10H2,(H,16,17)(H2,15,20,21). The normalized spacial score (nSPS) is 16.0. The van der Waals surface area contributed by atoms with Crippen molar-refractivity contribution >= 4 is 15.8 Å². The van der Waals surface area contributed by atoms with Crippen LogP contribution in [0.5, 0.6) is 0 Å². The molecule has 0 atom stereocenters. The van der Waals surface area contributed by atoms with Gasteiger partial charge in [0.2, 0.25) is 10.0 Å². The number of nitrogens with zero attached hydrogens (tertiary/aromatic N) is 3. The van der Waals surface area contributed by atoms with Gasteiger partial charge in [0.05, 0.1) is 18.3 Å². The fourth-order valence-corrected chi connectivity index (χ4v) is 3.43. The zero-order valence-corrected chi connectivity index (χ0v) is 13.0. The van der Waals surface area contributed by atoms with E-state index in [9.17, 15) is 8.42 Å². The van der Waals surface area contributed by atoms with Gasteiger partial charge in [0.1, 0.15) is 10.7 Å². The molecule has 3 rings (SSSR count). The van der Waals surface area contributed by atoms with Gasteiger partial charge in [-0.15, -0.1) is 0 Å². The summed E-state index contributed by atoms with van der Waals surface area (Å²) < 4.78 is 25.0. The van der Waals surface area contributed by atoms with Crippen LogP contribution in [0, 0.1) is 0 Å². The molecule has 0 saturated heterocycles. The smallest absolute Gasteiger partial charge is 0.241 e. The number of hydrogen-bond donors (Lipinski definition) is 2. The Bertz CT molecular complexity index is 750. The second-order valence-corrected chi connectivity index (χ2v) is 7.00. The molecule has 8 heteroatoms. The van der Waals surface area contributed by atoms with E-state index < -0.39 is 10.0 Å². The van der Waals surface area contributed by atoms with Gasteiger partial charge in [0.15, 0.2) is 0 Å². The van der Waals surface area contributed by atoms with E-state index >= 15 is 0 Å². The third-order valence-corrected chi connectivity index (χ3v) is 4.82. The van der Waals surface area contributed by atoms with Crippen LogP contribution < -0.4 is 10.5 Å². The maximum Gasteiger partial charge on any atom is 0.241 e. The first-order chi connectivity index (χ1) is 10.5. The number of anilines is 1. The Labute approximate surface area is 129 Å². The van der Waals surface area contributed by atoms with Gasteiger partial charge in [-0.2, -0.15) is 5.10 Å². The van der Waals surface area contributed by atoms with Gasteiger partial charge in [-0.25, -0.2) is 18.5 Å². The predicted molar refractivity (Wildman–Crippen MR) is 82.7 cm³/mol. The van der Waals surface area contributed by atoms with Crippen LogP contribution in [0.3, 0.4) is 0 Å². The number of rotatable bonds is 5. The summed E-state index contributed by atoms with van der Waals surface area (Å²) in [5.41, 5.74) is 0.845. The van der Waals surface area contributed by atoms with Crippen LogP contribution in [0.1, 0.15) is 37.4 Å². The Morgan fingerprint density at radius 1 is 1.32 bits per heavy atom. The Kier molecular flexibility index (Phi) is 4.12. The van der Waals surface area contributed by atoms with Gasteiger partial charge in [-0.05, 0) is 31.0 Å². The lowest BCUT2D eigenvalue weighted by molar-refractivity contribution is 0.463. The molecule has 3 N–H and O–H groups in total. The molecule has 0 radical (unpaired) electrons. The van der Waals surface area contributed by atoms with Crippen LogP contribution in [0.25, 0.3) is 0 Å². The number of primary sulfonamides is 1. The summed E-state index contributed by atoms with van der Waals surface area (Å²) >= 11 is 0. The van der Waals surface area contributed by atoms with Crippen molar-refractivity contribution in [2.75, 3.05) is 5.32 Å². The fraction of sp³-hybridized carbons (Fsp3) is 0.429. The van der Waals surface area contributed by atoms with E-state index in [1.165, 1.54) is 37.9 Å². The topological polar surface area (TPSA) is 103 Å². The van der Waals surface area contributed by atoms with Gasteiger partial charge < -0.3 is 5.32 Å². The van der Waals surface area contributed by atoms with Crippen LogP contribution in [0.4, 0.5) is 5.82 Å². The van der Waals surface area contributed by atoms with Crippen molar-refractivity contribution in [1.82, 2.24) is 14.8 Å². The molecule has 22 heavy (non-hydrogen) atoms. The predicted octanol–water partition coefficient (Wildman–Crippen LogP) is 1.65. The van der Waals surface area contributed by atoms with Gasteiger partial charge in [-0.3, -0.25) is 4.68 Å². The number of aromatic nitrogens is 3. The number of hydrogen-bond acceptors (Lipinski definition) is 5. The van der Waals surface area contributed by atoms with E-state index in [2.05, 4.69) is 15.4 Å². The molecule has 2 aromatic heterocycles. The molecule has 2 heterocycles. The summed E-state index contributed by atoms with van der Waals surface area (Å²) in [4.78, 5) is 4.03. The zero-order valence-electron chi connectivity index (χ0n) is 12.1. The summed E-state index contributed by atoms with van der Waals surface area (Å²) in [6.45, 7) is 0.402. The lowest BCUT2D eigenvalue weighted by Gasteiger charge is -2.10. The molecule has 0 amide bonds. The van der Waals surface area contributed by atoms with E-state index in [-0.39, 0.29) is 10.7 Å². The molecule has 1 aliphatic carbocycles. The molecule has 7 nitrogen and oxygen atoms in total. The lowest BCUT2D eigenvalue weighted by atomic mass is 10.3. The summed E-state index contributed by atoms with van der Waals surface area (Å²) in [5.74, 6) is 0.250. The minimum absolute atomic E-state index is 0.00905. The molecule has 1 aliphatic rings. The first-order valence-electron chi connectivity index (χ1n) is 7.30. The van der Waals surface area contributed by atoms with Gasteiger partial charge in [-0.1, -0.05) is 12.8 Å². The van der Waals surface area contributed by atoms with Crippen molar-refractivity contribution in [1.29, 1.82) is 0 Å². The van der Waals surface area contributed by atoms with Crippen LogP contribution in [-0.2, 0) is 16.6 Å². The lowest BCUT2D eigenvalue weighted by Crippen LogP contribution is -2.16. The first kappa shape index (κ1) is 15.0. The Balaban J connectivity index is 1.71. The van der Waals surface area contributed by atoms with Crippen molar-refractivity contribution in [3.05, 3.63) is 36.3 Å². The van der Waals surface area contributed by atoms with Crippen molar-refractivity contribution in [3.63, 3.8) is 0 Å². The second kappa shape index (κ2) is 6.05. The number of nitrogens with one attached hydrogen (secondary N) is 1. The van der Waals surface area contributed by atoms with Crippen molar-refractivity contribution in [2.45, 2.75) is 43.2 Å². The first-order valence-corrected chi connectivity index (χ1v) is 8.84. The van der Waals surface area contributed by atoms with E-state index in [4.69, 9.17) is 5.14 Å². The highest BCUT2D eigenvalue weighted by molar-refractivity contribution is 7.89. The second-order valence-electron chi connectivity index (χ2n) is 5.47. The van der Waals surface area contributed by atoms with E-state index in [0.717, 1.165) is 5.69 Å². The van der Waals surface area contributed by atoms with Crippen LogP contribution in [0.15, 0.2) is 35.5 Å². The van der Waals surface area contributed by atoms with Crippen molar-refractivity contribution < 1.29 is 8.42 Å². The molecule has 2 aromatic rings. The Morgan fingerprint density at radius 2 is 2.09 bits per heavy atom. The largest absolute Gasteiger partial charge is 0.363 e. The van der Waals surface area contributed by atoms with Crippen molar-refractivity contribution in [2.24, 2.45) is 5.14 Å². The quantitative estimate of drug-likeness (QED) is 0.871. The molecule has 118 valence electrons. The maximum absolute atomic E-state index is 11.5. The Hall–Kier alpha value is -1.93. The number of sulfonamides is 1. The molecule has 1 fully saturated rings. The molecular weight excluding hydrogens is 302 g/mol. The van der Waals surface area contributed by atoms with E-state index in [1.54, 1.807) is 6.07 Å². The summed E-state index contributed by atoms with van der Waals surface area (Å²) in [5, 5.41) is 12.7.